The van der Waals surface area contributed by atoms with Crippen molar-refractivity contribution in [1.29, 1.82) is 0 Å². The zero-order valence-corrected chi connectivity index (χ0v) is 16.9. The number of likely N-dealkylation sites (tertiary alicyclic amines) is 1. The number of nitrogens with zero attached hydrogens (tertiary/aromatic N) is 3. The van der Waals surface area contributed by atoms with Crippen molar-refractivity contribution in [3.63, 3.8) is 0 Å². The summed E-state index contributed by atoms with van der Waals surface area (Å²) in [7, 11) is 0. The van der Waals surface area contributed by atoms with E-state index in [0.29, 0.717) is 25.9 Å². The molecule has 3 heterocycles. The molecule has 8 nitrogen and oxygen atoms in total. The third kappa shape index (κ3) is 3.99. The Bertz CT molecular complexity index is 944. The van der Waals surface area contributed by atoms with Crippen molar-refractivity contribution in [3.8, 4) is 11.5 Å². The van der Waals surface area contributed by atoms with Gasteiger partial charge in [0, 0.05) is 31.5 Å². The highest BCUT2D eigenvalue weighted by Crippen LogP contribution is 2.33. The fourth-order valence-electron chi connectivity index (χ4n) is 4.14. The van der Waals surface area contributed by atoms with Gasteiger partial charge in [0.15, 0.2) is 11.5 Å². The van der Waals surface area contributed by atoms with Crippen LogP contribution >= 0.6 is 0 Å². The Morgan fingerprint density at radius 3 is 2.67 bits per heavy atom. The van der Waals surface area contributed by atoms with E-state index in [4.69, 9.17) is 9.47 Å². The Balaban J connectivity index is 1.12. The van der Waals surface area contributed by atoms with Crippen molar-refractivity contribution in [1.82, 2.24) is 14.7 Å². The lowest BCUT2D eigenvalue weighted by Gasteiger charge is -2.33. The monoisotopic (exact) mass is 410 g/mol. The predicted octanol–water partition coefficient (Wildman–Crippen LogP) is 2.76. The molecule has 2 fully saturated rings. The third-order valence-corrected chi connectivity index (χ3v) is 6.10. The van der Waals surface area contributed by atoms with Crippen molar-refractivity contribution in [2.24, 2.45) is 5.92 Å². The van der Waals surface area contributed by atoms with Crippen molar-refractivity contribution in [2.75, 3.05) is 25.2 Å². The van der Waals surface area contributed by atoms with E-state index in [-0.39, 0.29) is 30.6 Å². The summed E-state index contributed by atoms with van der Waals surface area (Å²) < 4.78 is 12.7. The molecule has 1 aromatic heterocycles. The highest BCUT2D eigenvalue weighted by molar-refractivity contribution is 5.93. The van der Waals surface area contributed by atoms with Crippen LogP contribution in [-0.2, 0) is 16.0 Å². The molecule has 5 rings (SSSR count). The highest BCUT2D eigenvalue weighted by Gasteiger charge is 2.31. The summed E-state index contributed by atoms with van der Waals surface area (Å²) in [4.78, 5) is 26.7. The maximum atomic E-state index is 12.7. The summed E-state index contributed by atoms with van der Waals surface area (Å²) in [5.74, 6) is 2.71. The zero-order valence-electron chi connectivity index (χ0n) is 16.9. The van der Waals surface area contributed by atoms with Crippen LogP contribution in [0.3, 0.4) is 0 Å². The summed E-state index contributed by atoms with van der Waals surface area (Å²) in [6.45, 7) is 1.68. The van der Waals surface area contributed by atoms with Crippen LogP contribution in [0.15, 0.2) is 30.5 Å². The number of hydrogen-bond donors (Lipinski definition) is 1. The van der Waals surface area contributed by atoms with Crippen LogP contribution in [0.1, 0.15) is 43.7 Å². The van der Waals surface area contributed by atoms with Gasteiger partial charge in [0.1, 0.15) is 5.82 Å². The van der Waals surface area contributed by atoms with E-state index in [1.165, 1.54) is 0 Å². The van der Waals surface area contributed by atoms with E-state index in [1.807, 2.05) is 33.8 Å². The number of benzene rings is 1. The minimum atomic E-state index is 0.0906. The summed E-state index contributed by atoms with van der Waals surface area (Å²) in [6.07, 6.45) is 6.53. The van der Waals surface area contributed by atoms with Gasteiger partial charge in [-0.25, -0.2) is 4.68 Å². The molecule has 0 spiro atoms. The number of carbonyl (C=O) groups is 2. The molecule has 1 saturated heterocycles. The van der Waals surface area contributed by atoms with Crippen LogP contribution < -0.4 is 14.8 Å². The zero-order chi connectivity index (χ0) is 20.5. The molecule has 0 bridgehead atoms. The molecular formula is C22H26N4O4. The molecule has 0 radical (unpaired) electrons. The average molecular weight is 410 g/mol. The Hall–Kier alpha value is -3.03. The number of amides is 2. The van der Waals surface area contributed by atoms with Crippen LogP contribution in [0.4, 0.5) is 5.82 Å². The Morgan fingerprint density at radius 1 is 1.07 bits per heavy atom. The average Bonchev–Trinajstić information content (AvgIpc) is 3.35. The van der Waals surface area contributed by atoms with E-state index in [1.54, 1.807) is 6.20 Å². The molecule has 2 aliphatic heterocycles. The van der Waals surface area contributed by atoms with E-state index in [2.05, 4.69) is 10.4 Å². The second kappa shape index (κ2) is 8.01. The van der Waals surface area contributed by atoms with Gasteiger partial charge in [-0.15, -0.1) is 0 Å². The first-order chi connectivity index (χ1) is 14.7. The summed E-state index contributed by atoms with van der Waals surface area (Å²) in [6, 6.07) is 7.90. The van der Waals surface area contributed by atoms with Crippen LogP contribution in [0, 0.1) is 5.92 Å². The predicted molar refractivity (Wildman–Crippen MR) is 109 cm³/mol. The first-order valence-electron chi connectivity index (χ1n) is 10.7. The van der Waals surface area contributed by atoms with Crippen LogP contribution in [0.2, 0.25) is 0 Å². The fraction of sp³-hybridized carbons (Fsp3) is 0.500. The lowest BCUT2D eigenvalue weighted by molar-refractivity contribution is -0.132. The summed E-state index contributed by atoms with van der Waals surface area (Å²) in [5, 5.41) is 7.43. The lowest BCUT2D eigenvalue weighted by atomic mass is 10.0. The molecule has 1 N–H and O–H groups in total. The molecule has 3 aliphatic rings. The Kier molecular flexibility index (Phi) is 5.06. The number of aryl methyl sites for hydroxylation is 1. The molecule has 0 atom stereocenters. The first kappa shape index (κ1) is 19.0. The normalized spacial score (nSPS) is 18.5. The number of carbonyl (C=O) groups excluding carboxylic acids is 2. The molecule has 1 aromatic carbocycles. The topological polar surface area (TPSA) is 85.7 Å². The SMILES string of the molecule is O=C(Nc1ccnn1C1CCN(C(=O)CCc2ccc3c(c2)OCO3)CC1)C1CC1. The van der Waals surface area contributed by atoms with E-state index >= 15 is 0 Å². The molecule has 8 heteroatoms. The van der Waals surface area contributed by atoms with Crippen LogP contribution in [0.25, 0.3) is 0 Å². The number of anilines is 1. The highest BCUT2D eigenvalue weighted by atomic mass is 16.7. The third-order valence-electron chi connectivity index (χ3n) is 6.10. The Labute approximate surface area is 175 Å². The number of rotatable bonds is 6. The van der Waals surface area contributed by atoms with Crippen LogP contribution in [-0.4, -0.2) is 46.4 Å². The van der Waals surface area contributed by atoms with Crippen molar-refractivity contribution in [2.45, 2.75) is 44.6 Å². The number of ether oxygens (including phenoxy) is 2. The van der Waals surface area contributed by atoms with E-state index < -0.39 is 0 Å². The van der Waals surface area contributed by atoms with Crippen LogP contribution in [0.5, 0.6) is 11.5 Å². The largest absolute Gasteiger partial charge is 0.454 e. The Morgan fingerprint density at radius 2 is 1.87 bits per heavy atom. The molecule has 1 aliphatic carbocycles. The number of aromatic nitrogens is 2. The smallest absolute Gasteiger partial charge is 0.231 e. The molecule has 2 aromatic rings. The second-order valence-electron chi connectivity index (χ2n) is 8.22. The minimum absolute atomic E-state index is 0.0906. The second-order valence-corrected chi connectivity index (χ2v) is 8.22. The quantitative estimate of drug-likeness (QED) is 0.792. The molecule has 30 heavy (non-hydrogen) atoms. The van der Waals surface area contributed by atoms with Gasteiger partial charge < -0.3 is 19.7 Å². The van der Waals surface area contributed by atoms with Gasteiger partial charge in [0.05, 0.1) is 12.2 Å². The van der Waals surface area contributed by atoms with Crippen molar-refractivity contribution in [3.05, 3.63) is 36.0 Å². The number of nitrogens with one attached hydrogen (secondary N) is 1. The summed E-state index contributed by atoms with van der Waals surface area (Å²) in [5.41, 5.74) is 1.08. The van der Waals surface area contributed by atoms with Gasteiger partial charge in [-0.1, -0.05) is 6.07 Å². The number of fused-ring (bicyclic) bond motifs is 1. The van der Waals surface area contributed by atoms with Gasteiger partial charge in [-0.05, 0) is 49.8 Å². The van der Waals surface area contributed by atoms with Gasteiger partial charge in [-0.2, -0.15) is 5.10 Å². The van der Waals surface area contributed by atoms with E-state index in [9.17, 15) is 9.59 Å². The molecule has 1 saturated carbocycles. The number of piperidine rings is 1. The maximum absolute atomic E-state index is 12.7. The first-order valence-corrected chi connectivity index (χ1v) is 10.7. The lowest BCUT2D eigenvalue weighted by Crippen LogP contribution is -2.39. The molecular weight excluding hydrogens is 384 g/mol. The van der Waals surface area contributed by atoms with Gasteiger partial charge in [0.2, 0.25) is 18.6 Å². The summed E-state index contributed by atoms with van der Waals surface area (Å²) >= 11 is 0. The fourth-order valence-corrected chi connectivity index (χ4v) is 4.14. The molecule has 2 amide bonds. The molecule has 158 valence electrons. The van der Waals surface area contributed by atoms with Gasteiger partial charge >= 0.3 is 0 Å². The van der Waals surface area contributed by atoms with E-state index in [0.717, 1.165) is 48.6 Å². The van der Waals surface area contributed by atoms with Crippen molar-refractivity contribution >= 4 is 17.6 Å². The van der Waals surface area contributed by atoms with Crippen molar-refractivity contribution < 1.29 is 19.1 Å². The van der Waals surface area contributed by atoms with Gasteiger partial charge in [0.25, 0.3) is 0 Å². The minimum Gasteiger partial charge on any atom is -0.454 e. The number of hydrogen-bond acceptors (Lipinski definition) is 5. The van der Waals surface area contributed by atoms with Gasteiger partial charge in [-0.3, -0.25) is 9.59 Å². The standard InChI is InChI=1S/C22H26N4O4/c27-21(6-2-15-1-5-18-19(13-15)30-14-29-18)25-11-8-17(9-12-25)26-20(7-10-23-26)24-22(28)16-3-4-16/h1,5,7,10,13,16-17H,2-4,6,8-9,11-12,14H2,(H,24,28). The maximum Gasteiger partial charge on any atom is 0.231 e. The molecule has 0 unspecified atom stereocenters.